The zero-order chi connectivity index (χ0) is 16.1. The molecule has 3 rings (SSSR count). The lowest BCUT2D eigenvalue weighted by Gasteiger charge is -2.02. The van der Waals surface area contributed by atoms with Crippen LogP contribution in [0.3, 0.4) is 0 Å². The third-order valence-corrected chi connectivity index (χ3v) is 4.35. The number of anilines is 1. The molecule has 0 bridgehead atoms. The summed E-state index contributed by atoms with van der Waals surface area (Å²) in [5.74, 6) is -0.157. The Hall–Kier alpha value is -2.53. The highest BCUT2D eigenvalue weighted by Crippen LogP contribution is 2.19. The predicted molar refractivity (Wildman–Crippen MR) is 92.9 cm³/mol. The Kier molecular flexibility index (Phi) is 4.78. The van der Waals surface area contributed by atoms with Crippen LogP contribution in [0, 0.1) is 0 Å². The normalized spacial score (nSPS) is 10.5. The fourth-order valence-electron chi connectivity index (χ4n) is 2.21. The number of carbonyl (C=O) groups excluding carboxylic acids is 1. The van der Waals surface area contributed by atoms with Crippen molar-refractivity contribution in [1.82, 2.24) is 10.2 Å². The quantitative estimate of drug-likeness (QED) is 0.773. The highest BCUT2D eigenvalue weighted by molar-refractivity contribution is 7.15. The number of carbonyl (C=O) groups is 1. The maximum absolute atomic E-state index is 12.2. The summed E-state index contributed by atoms with van der Waals surface area (Å²) < 4.78 is 0. The maximum atomic E-state index is 12.2. The van der Waals surface area contributed by atoms with Gasteiger partial charge in [-0.2, -0.15) is 0 Å². The molecule has 0 radical (unpaired) electrons. The van der Waals surface area contributed by atoms with Crippen LogP contribution in [0.25, 0.3) is 0 Å². The zero-order valence-electron chi connectivity index (χ0n) is 12.8. The van der Waals surface area contributed by atoms with Crippen molar-refractivity contribution in [3.8, 4) is 0 Å². The van der Waals surface area contributed by atoms with Gasteiger partial charge in [0.25, 0.3) is 5.91 Å². The third-order valence-electron chi connectivity index (χ3n) is 3.51. The van der Waals surface area contributed by atoms with Gasteiger partial charge >= 0.3 is 0 Å². The van der Waals surface area contributed by atoms with Crippen molar-refractivity contribution >= 4 is 22.4 Å². The van der Waals surface area contributed by atoms with Gasteiger partial charge in [-0.3, -0.25) is 10.1 Å². The summed E-state index contributed by atoms with van der Waals surface area (Å²) in [6.07, 6.45) is 1.68. The molecular formula is C18H17N3OS. The number of aryl methyl sites for hydroxylation is 1. The van der Waals surface area contributed by atoms with E-state index in [9.17, 15) is 4.79 Å². The number of hydrogen-bond donors (Lipinski definition) is 1. The Morgan fingerprint density at radius 3 is 2.43 bits per heavy atom. The van der Waals surface area contributed by atoms with E-state index in [4.69, 9.17) is 0 Å². The van der Waals surface area contributed by atoms with Crippen LogP contribution < -0.4 is 5.32 Å². The zero-order valence-corrected chi connectivity index (χ0v) is 13.6. The van der Waals surface area contributed by atoms with Crippen LogP contribution in [0.15, 0.2) is 54.6 Å². The van der Waals surface area contributed by atoms with Gasteiger partial charge in [0.2, 0.25) is 5.13 Å². The summed E-state index contributed by atoms with van der Waals surface area (Å²) in [5, 5.41) is 12.4. The van der Waals surface area contributed by atoms with Gasteiger partial charge in [-0.15, -0.1) is 10.2 Å². The molecule has 0 saturated heterocycles. The molecule has 0 spiro atoms. The first-order valence-electron chi connectivity index (χ1n) is 7.51. The summed E-state index contributed by atoms with van der Waals surface area (Å²) in [6.45, 7) is 2.09. The minimum atomic E-state index is -0.157. The van der Waals surface area contributed by atoms with Crippen LogP contribution in [-0.2, 0) is 12.8 Å². The number of rotatable bonds is 5. The smallest absolute Gasteiger partial charge is 0.257 e. The minimum Gasteiger partial charge on any atom is -0.296 e. The lowest BCUT2D eigenvalue weighted by Crippen LogP contribution is -2.11. The second-order valence-electron chi connectivity index (χ2n) is 5.17. The average Bonchev–Trinajstić information content (AvgIpc) is 3.02. The van der Waals surface area contributed by atoms with E-state index in [1.807, 2.05) is 42.5 Å². The molecule has 5 heteroatoms. The molecule has 1 heterocycles. The highest BCUT2D eigenvalue weighted by Gasteiger charge is 2.10. The molecule has 0 saturated carbocycles. The van der Waals surface area contributed by atoms with E-state index in [2.05, 4.69) is 34.6 Å². The fourth-order valence-corrected chi connectivity index (χ4v) is 2.98. The Morgan fingerprint density at radius 1 is 1.00 bits per heavy atom. The lowest BCUT2D eigenvalue weighted by molar-refractivity contribution is 0.102. The van der Waals surface area contributed by atoms with Crippen molar-refractivity contribution in [2.75, 3.05) is 5.32 Å². The van der Waals surface area contributed by atoms with E-state index in [0.717, 1.165) is 17.8 Å². The van der Waals surface area contributed by atoms with Crippen molar-refractivity contribution in [3.63, 3.8) is 0 Å². The number of benzene rings is 2. The molecule has 4 nitrogen and oxygen atoms in total. The van der Waals surface area contributed by atoms with Crippen LogP contribution in [0.2, 0.25) is 0 Å². The first kappa shape index (κ1) is 15.4. The molecule has 1 amide bonds. The van der Waals surface area contributed by atoms with Gasteiger partial charge in [-0.1, -0.05) is 60.7 Å². The molecule has 0 unspecified atom stereocenters. The van der Waals surface area contributed by atoms with E-state index in [1.165, 1.54) is 22.5 Å². The van der Waals surface area contributed by atoms with Gasteiger partial charge in [-0.25, -0.2) is 0 Å². The summed E-state index contributed by atoms with van der Waals surface area (Å²) in [5.41, 5.74) is 3.02. The minimum absolute atomic E-state index is 0.157. The largest absolute Gasteiger partial charge is 0.296 e. The van der Waals surface area contributed by atoms with E-state index < -0.39 is 0 Å². The Bertz CT molecular complexity index is 782. The highest BCUT2D eigenvalue weighted by atomic mass is 32.1. The molecule has 3 aromatic rings. The average molecular weight is 323 g/mol. The van der Waals surface area contributed by atoms with Gasteiger partial charge < -0.3 is 0 Å². The second kappa shape index (κ2) is 7.15. The molecule has 2 aromatic carbocycles. The number of nitrogens with one attached hydrogen (secondary N) is 1. The van der Waals surface area contributed by atoms with Crippen LogP contribution >= 0.6 is 11.3 Å². The monoisotopic (exact) mass is 323 g/mol. The topological polar surface area (TPSA) is 54.9 Å². The molecule has 1 aromatic heterocycles. The van der Waals surface area contributed by atoms with E-state index >= 15 is 0 Å². The molecule has 0 fully saturated rings. The van der Waals surface area contributed by atoms with Crippen molar-refractivity contribution in [1.29, 1.82) is 0 Å². The summed E-state index contributed by atoms with van der Waals surface area (Å²) in [4.78, 5) is 12.2. The van der Waals surface area contributed by atoms with Crippen molar-refractivity contribution in [2.45, 2.75) is 19.8 Å². The molecule has 116 valence electrons. The molecule has 0 aliphatic rings. The lowest BCUT2D eigenvalue weighted by atomic mass is 10.1. The number of hydrogen-bond acceptors (Lipinski definition) is 4. The summed E-state index contributed by atoms with van der Waals surface area (Å²) in [6, 6.07) is 17.7. The third kappa shape index (κ3) is 4.02. The number of amides is 1. The van der Waals surface area contributed by atoms with Crippen LogP contribution in [0.4, 0.5) is 5.13 Å². The van der Waals surface area contributed by atoms with Gasteiger partial charge in [0.05, 0.1) is 0 Å². The van der Waals surface area contributed by atoms with Crippen molar-refractivity contribution in [3.05, 3.63) is 76.3 Å². The molecule has 1 N–H and O–H groups in total. The predicted octanol–water partition coefficient (Wildman–Crippen LogP) is 3.94. The Balaban J connectivity index is 1.65. The van der Waals surface area contributed by atoms with Crippen LogP contribution in [-0.4, -0.2) is 16.1 Å². The Morgan fingerprint density at radius 2 is 1.74 bits per heavy atom. The van der Waals surface area contributed by atoms with Crippen molar-refractivity contribution < 1.29 is 4.79 Å². The Labute approximate surface area is 139 Å². The van der Waals surface area contributed by atoms with E-state index in [0.29, 0.717) is 10.7 Å². The standard InChI is InChI=1S/C18H17N3OS/c1-2-13-8-10-15(11-9-13)17(22)19-18-21-20-16(23-18)12-14-6-4-3-5-7-14/h3-11H,2,12H2,1H3,(H,19,21,22). The van der Waals surface area contributed by atoms with Gasteiger partial charge in [0.1, 0.15) is 5.01 Å². The molecular weight excluding hydrogens is 306 g/mol. The molecule has 0 aliphatic heterocycles. The van der Waals surface area contributed by atoms with Gasteiger partial charge in [-0.05, 0) is 29.7 Å². The van der Waals surface area contributed by atoms with Gasteiger partial charge in [0, 0.05) is 12.0 Å². The first-order chi connectivity index (χ1) is 11.2. The fraction of sp³-hybridized carbons (Fsp3) is 0.167. The van der Waals surface area contributed by atoms with Crippen LogP contribution in [0.5, 0.6) is 0 Å². The number of aromatic nitrogens is 2. The summed E-state index contributed by atoms with van der Waals surface area (Å²) in [7, 11) is 0. The SMILES string of the molecule is CCc1ccc(C(=O)Nc2nnc(Cc3ccccc3)s2)cc1. The van der Waals surface area contributed by atoms with E-state index in [1.54, 1.807) is 0 Å². The van der Waals surface area contributed by atoms with Crippen molar-refractivity contribution in [2.24, 2.45) is 0 Å². The summed E-state index contributed by atoms with van der Waals surface area (Å²) >= 11 is 1.40. The number of nitrogens with zero attached hydrogens (tertiary/aromatic N) is 2. The molecule has 0 atom stereocenters. The second-order valence-corrected chi connectivity index (χ2v) is 6.23. The maximum Gasteiger partial charge on any atom is 0.257 e. The van der Waals surface area contributed by atoms with Gasteiger partial charge in [0.15, 0.2) is 0 Å². The van der Waals surface area contributed by atoms with E-state index in [-0.39, 0.29) is 5.91 Å². The molecule has 23 heavy (non-hydrogen) atoms. The van der Waals surface area contributed by atoms with Crippen LogP contribution in [0.1, 0.15) is 33.4 Å². The first-order valence-corrected chi connectivity index (χ1v) is 8.33. The molecule has 0 aliphatic carbocycles.